The number of nitrogens with zero attached hydrogens (tertiary/aromatic N) is 2. The van der Waals surface area contributed by atoms with Crippen LogP contribution in [0.2, 0.25) is 5.02 Å². The molecule has 0 saturated carbocycles. The molecule has 2 aromatic carbocycles. The van der Waals surface area contributed by atoms with Gasteiger partial charge in [0.25, 0.3) is 5.56 Å². The van der Waals surface area contributed by atoms with Crippen LogP contribution in [0.25, 0.3) is 22.1 Å². The summed E-state index contributed by atoms with van der Waals surface area (Å²) in [5.74, 6) is 0.642. The summed E-state index contributed by atoms with van der Waals surface area (Å²) in [4.78, 5) is 18.0. The van der Waals surface area contributed by atoms with E-state index < -0.39 is 0 Å². The summed E-state index contributed by atoms with van der Waals surface area (Å²) in [7, 11) is 0. The third kappa shape index (κ3) is 2.90. The topological polar surface area (TPSA) is 43.6 Å². The first-order valence-corrected chi connectivity index (χ1v) is 9.10. The number of thiazole rings is 1. The molecule has 4 aromatic rings. The van der Waals surface area contributed by atoms with Crippen molar-refractivity contribution in [3.05, 3.63) is 67.9 Å². The fraction of sp³-hybridized carbons (Fsp3) is 0.158. The Bertz CT molecular complexity index is 1190. The molecule has 0 bridgehead atoms. The van der Waals surface area contributed by atoms with E-state index in [1.807, 2.05) is 56.3 Å². The van der Waals surface area contributed by atoms with Gasteiger partial charge in [-0.15, -0.1) is 0 Å². The van der Waals surface area contributed by atoms with Crippen LogP contribution in [0.4, 0.5) is 0 Å². The number of benzene rings is 2. The lowest BCUT2D eigenvalue weighted by molar-refractivity contribution is 0.242. The van der Waals surface area contributed by atoms with E-state index >= 15 is 0 Å². The van der Waals surface area contributed by atoms with Crippen molar-refractivity contribution >= 4 is 45.0 Å². The van der Waals surface area contributed by atoms with Crippen LogP contribution in [-0.2, 0) is 0 Å². The molecule has 0 atom stereocenters. The van der Waals surface area contributed by atoms with Crippen LogP contribution in [0.5, 0.6) is 5.75 Å². The van der Waals surface area contributed by atoms with E-state index in [-0.39, 0.29) is 11.7 Å². The van der Waals surface area contributed by atoms with Crippen molar-refractivity contribution < 1.29 is 4.74 Å². The van der Waals surface area contributed by atoms with Gasteiger partial charge in [-0.2, -0.15) is 0 Å². The number of hydrogen-bond donors (Lipinski definition) is 0. The predicted molar refractivity (Wildman–Crippen MR) is 103 cm³/mol. The zero-order valence-electron chi connectivity index (χ0n) is 13.7. The molecule has 0 spiro atoms. The van der Waals surface area contributed by atoms with Crippen LogP contribution in [0.3, 0.4) is 0 Å². The van der Waals surface area contributed by atoms with Crippen LogP contribution in [0.15, 0.2) is 47.3 Å². The van der Waals surface area contributed by atoms with Crippen molar-refractivity contribution in [3.63, 3.8) is 0 Å². The van der Waals surface area contributed by atoms with E-state index in [4.69, 9.17) is 16.3 Å². The number of halogens is 1. The minimum Gasteiger partial charge on any atom is -0.489 e. The van der Waals surface area contributed by atoms with Gasteiger partial charge in [-0.1, -0.05) is 41.1 Å². The van der Waals surface area contributed by atoms with E-state index in [1.165, 1.54) is 11.3 Å². The van der Waals surface area contributed by atoms with E-state index in [9.17, 15) is 4.79 Å². The molecule has 0 radical (unpaired) electrons. The summed E-state index contributed by atoms with van der Waals surface area (Å²) < 4.78 is 7.92. The van der Waals surface area contributed by atoms with Crippen molar-refractivity contribution in [2.75, 3.05) is 0 Å². The van der Waals surface area contributed by atoms with E-state index in [0.29, 0.717) is 20.3 Å². The number of imidazole rings is 1. The van der Waals surface area contributed by atoms with E-state index in [2.05, 4.69) is 4.98 Å². The molecule has 4 nitrogen and oxygen atoms in total. The molecular formula is C19H15ClN2O2S. The number of fused-ring (bicyclic) bond motifs is 3. The zero-order valence-corrected chi connectivity index (χ0v) is 15.3. The maximum Gasteiger partial charge on any atom is 0.274 e. The number of ether oxygens (including phenoxy) is 1. The third-order valence-corrected chi connectivity index (χ3v) is 5.03. The second-order valence-electron chi connectivity index (χ2n) is 5.99. The standard InChI is InChI=1S/C19H15ClN2O2S/c1-11(2)24-16-8-7-12(9-13(16)20)10-17-18(23)22-15-6-4-3-5-14(15)21-19(22)25-17/h3-11H,1-2H3/b17-10-. The third-order valence-electron chi connectivity index (χ3n) is 3.76. The van der Waals surface area contributed by atoms with Crippen molar-refractivity contribution in [2.45, 2.75) is 20.0 Å². The maximum atomic E-state index is 12.7. The highest BCUT2D eigenvalue weighted by atomic mass is 35.5. The minimum absolute atomic E-state index is 0.0546. The van der Waals surface area contributed by atoms with Crippen LogP contribution >= 0.6 is 22.9 Å². The second-order valence-corrected chi connectivity index (χ2v) is 7.41. The Hall–Kier alpha value is -2.37. The first kappa shape index (κ1) is 16.1. The van der Waals surface area contributed by atoms with E-state index in [1.54, 1.807) is 10.5 Å². The highest BCUT2D eigenvalue weighted by Crippen LogP contribution is 2.26. The quantitative estimate of drug-likeness (QED) is 0.549. The van der Waals surface area contributed by atoms with Gasteiger partial charge in [-0.25, -0.2) is 9.38 Å². The van der Waals surface area contributed by atoms with Gasteiger partial charge in [0, 0.05) is 0 Å². The number of para-hydroxylation sites is 2. The molecule has 2 aromatic heterocycles. The normalized spacial score (nSPS) is 12.6. The zero-order chi connectivity index (χ0) is 17.6. The summed E-state index contributed by atoms with van der Waals surface area (Å²) >= 11 is 7.65. The van der Waals surface area contributed by atoms with Crippen molar-refractivity contribution in [3.8, 4) is 5.75 Å². The average Bonchev–Trinajstić information content (AvgIpc) is 3.07. The van der Waals surface area contributed by atoms with Crippen LogP contribution < -0.4 is 14.8 Å². The van der Waals surface area contributed by atoms with Gasteiger partial charge < -0.3 is 4.74 Å². The molecule has 0 aliphatic heterocycles. The summed E-state index contributed by atoms with van der Waals surface area (Å²) in [5.41, 5.74) is 2.45. The molecule has 2 heterocycles. The molecule has 126 valence electrons. The average molecular weight is 371 g/mol. The Labute approximate surface area is 152 Å². The minimum atomic E-state index is -0.0627. The Balaban J connectivity index is 1.83. The number of aromatic nitrogens is 2. The summed E-state index contributed by atoms with van der Waals surface area (Å²) in [6.45, 7) is 3.90. The molecule has 0 aliphatic carbocycles. The van der Waals surface area contributed by atoms with Crippen molar-refractivity contribution in [1.29, 1.82) is 0 Å². The van der Waals surface area contributed by atoms with Gasteiger partial charge in [0.15, 0.2) is 4.96 Å². The van der Waals surface area contributed by atoms with E-state index in [0.717, 1.165) is 16.6 Å². The second kappa shape index (κ2) is 6.17. The molecule has 4 rings (SSSR count). The molecule has 0 aliphatic rings. The first-order valence-electron chi connectivity index (χ1n) is 7.91. The van der Waals surface area contributed by atoms with Gasteiger partial charge in [-0.3, -0.25) is 4.79 Å². The van der Waals surface area contributed by atoms with Crippen molar-refractivity contribution in [1.82, 2.24) is 9.38 Å². The molecule has 0 amide bonds. The summed E-state index contributed by atoms with van der Waals surface area (Å²) in [6, 6.07) is 13.2. The molecule has 0 saturated heterocycles. The molecule has 25 heavy (non-hydrogen) atoms. The summed E-state index contributed by atoms with van der Waals surface area (Å²) in [6.07, 6.45) is 1.89. The lowest BCUT2D eigenvalue weighted by Crippen LogP contribution is -2.22. The van der Waals surface area contributed by atoms with Gasteiger partial charge in [0.1, 0.15) is 5.75 Å². The molecule has 0 unspecified atom stereocenters. The Morgan fingerprint density at radius 2 is 2.04 bits per heavy atom. The highest BCUT2D eigenvalue weighted by Gasteiger charge is 2.11. The fourth-order valence-electron chi connectivity index (χ4n) is 2.72. The first-order chi connectivity index (χ1) is 12.0. The van der Waals surface area contributed by atoms with Crippen LogP contribution in [0.1, 0.15) is 19.4 Å². The smallest absolute Gasteiger partial charge is 0.274 e. The van der Waals surface area contributed by atoms with Gasteiger partial charge in [0.05, 0.1) is 26.7 Å². The predicted octanol–water partition coefficient (Wildman–Crippen LogP) is 3.90. The fourth-order valence-corrected chi connectivity index (χ4v) is 3.94. The molecular weight excluding hydrogens is 356 g/mol. The Morgan fingerprint density at radius 1 is 1.24 bits per heavy atom. The Kier molecular flexibility index (Phi) is 3.98. The van der Waals surface area contributed by atoms with Gasteiger partial charge in [-0.05, 0) is 49.8 Å². The molecule has 6 heteroatoms. The van der Waals surface area contributed by atoms with Crippen LogP contribution in [-0.4, -0.2) is 15.5 Å². The highest BCUT2D eigenvalue weighted by molar-refractivity contribution is 7.15. The summed E-state index contributed by atoms with van der Waals surface area (Å²) in [5, 5.41) is 0.529. The van der Waals surface area contributed by atoms with Gasteiger partial charge in [0.2, 0.25) is 0 Å². The molecule has 0 fully saturated rings. The van der Waals surface area contributed by atoms with Crippen LogP contribution in [0, 0.1) is 0 Å². The van der Waals surface area contributed by atoms with Crippen molar-refractivity contribution in [2.24, 2.45) is 0 Å². The van der Waals surface area contributed by atoms with Gasteiger partial charge >= 0.3 is 0 Å². The maximum absolute atomic E-state index is 12.7. The monoisotopic (exact) mass is 370 g/mol. The number of hydrogen-bond acceptors (Lipinski definition) is 4. The largest absolute Gasteiger partial charge is 0.489 e. The SMILES string of the molecule is CC(C)Oc1ccc(/C=c2\sc3nc4ccccc4n3c2=O)cc1Cl. The Morgan fingerprint density at radius 3 is 2.80 bits per heavy atom. The lowest BCUT2D eigenvalue weighted by atomic mass is 10.2. The molecule has 0 N–H and O–H groups in total. The lowest BCUT2D eigenvalue weighted by Gasteiger charge is -2.11. The number of rotatable bonds is 3.